The van der Waals surface area contributed by atoms with Crippen molar-refractivity contribution in [3.63, 3.8) is 0 Å². The highest BCUT2D eigenvalue weighted by Crippen LogP contribution is 2.53. The van der Waals surface area contributed by atoms with E-state index in [1.165, 1.54) is 25.2 Å². The lowest BCUT2D eigenvalue weighted by Gasteiger charge is -2.11. The summed E-state index contributed by atoms with van der Waals surface area (Å²) in [5, 5.41) is 12.2. The summed E-state index contributed by atoms with van der Waals surface area (Å²) in [6, 6.07) is 2.97. The minimum absolute atomic E-state index is 0. The summed E-state index contributed by atoms with van der Waals surface area (Å²) in [7, 11) is 1.32. The molecule has 0 radical (unpaired) electrons. The van der Waals surface area contributed by atoms with Crippen LogP contribution in [-0.4, -0.2) is 56.2 Å². The van der Waals surface area contributed by atoms with Crippen LogP contribution in [0.2, 0.25) is 5.02 Å². The van der Waals surface area contributed by atoms with Gasteiger partial charge in [0.2, 0.25) is 0 Å². The third kappa shape index (κ3) is 4.92. The van der Waals surface area contributed by atoms with E-state index in [0.29, 0.717) is 16.5 Å². The number of benzene rings is 1. The summed E-state index contributed by atoms with van der Waals surface area (Å²) in [5.74, 6) is -3.61. The van der Waals surface area contributed by atoms with Crippen molar-refractivity contribution in [3.8, 4) is 11.3 Å². The fraction of sp³-hybridized carbons (Fsp3) is 0.417. The van der Waals surface area contributed by atoms with Crippen molar-refractivity contribution in [1.82, 2.24) is 30.0 Å². The van der Waals surface area contributed by atoms with E-state index >= 15 is 0 Å². The zero-order chi connectivity index (χ0) is 27.9. The molecule has 214 valence electrons. The SMILES string of the molecule is Cl.Cn1c(-c2cn([C@H]3CC3(F)F)nc2C(F)(F)F)cnc1C(=O)Nc1ccc(C(=O)NC2C3CNCC32)c(Cl)c1. The first-order valence-electron chi connectivity index (χ1n) is 12.0. The van der Waals surface area contributed by atoms with Crippen LogP contribution in [0.1, 0.15) is 39.1 Å². The second-order valence-electron chi connectivity index (χ2n) is 10.0. The van der Waals surface area contributed by atoms with Gasteiger partial charge in [-0.25, -0.2) is 13.8 Å². The number of halogens is 7. The van der Waals surface area contributed by atoms with E-state index in [-0.39, 0.29) is 52.1 Å². The third-order valence-electron chi connectivity index (χ3n) is 7.44. The molecule has 3 aliphatic rings. The summed E-state index contributed by atoms with van der Waals surface area (Å²) in [6.45, 7) is 1.72. The Labute approximate surface area is 234 Å². The fourth-order valence-corrected chi connectivity index (χ4v) is 5.40. The number of fused-ring (bicyclic) bond motifs is 1. The molecule has 2 saturated carbocycles. The Balaban J connectivity index is 0.00000323. The van der Waals surface area contributed by atoms with Crippen molar-refractivity contribution in [2.45, 2.75) is 30.6 Å². The van der Waals surface area contributed by atoms with Crippen molar-refractivity contribution < 1.29 is 31.5 Å². The molecule has 1 saturated heterocycles. The van der Waals surface area contributed by atoms with Crippen LogP contribution in [0.4, 0.5) is 27.6 Å². The first kappa shape index (κ1) is 28.3. The number of hydrogen-bond donors (Lipinski definition) is 3. The largest absolute Gasteiger partial charge is 0.435 e. The third-order valence-corrected chi connectivity index (χ3v) is 7.75. The topological polar surface area (TPSA) is 106 Å². The molecule has 2 amide bonds. The van der Waals surface area contributed by atoms with E-state index in [4.69, 9.17) is 11.6 Å². The molecule has 2 aromatic heterocycles. The maximum absolute atomic E-state index is 13.7. The highest BCUT2D eigenvalue weighted by molar-refractivity contribution is 6.34. The lowest BCUT2D eigenvalue weighted by molar-refractivity contribution is -0.141. The van der Waals surface area contributed by atoms with E-state index < -0.39 is 41.7 Å². The number of aromatic nitrogens is 4. The zero-order valence-electron chi connectivity index (χ0n) is 20.6. The number of piperidine rings is 1. The van der Waals surface area contributed by atoms with Gasteiger partial charge in [-0.3, -0.25) is 14.3 Å². The zero-order valence-corrected chi connectivity index (χ0v) is 22.2. The standard InChI is InChI=1S/C24H21ClF5N7O2.ClH/c1-36-16(14-9-37(17-5-23(17,26)27)35-19(14)24(28,29)30)8-32-20(36)22(39)33-10-2-3-11(15(25)4-10)21(38)34-18-12-6-31-7-13(12)18;/h2-4,8-9,12-13,17-18,31H,5-7H2,1H3,(H,33,39)(H,34,38);1H/t12?,13?,17-,18?;/m0./s1. The molecule has 3 heterocycles. The minimum Gasteiger partial charge on any atom is -0.349 e. The number of alkyl halides is 5. The van der Waals surface area contributed by atoms with Gasteiger partial charge in [0.15, 0.2) is 11.5 Å². The fourth-order valence-electron chi connectivity index (χ4n) is 5.13. The van der Waals surface area contributed by atoms with Gasteiger partial charge in [0.25, 0.3) is 17.7 Å². The lowest BCUT2D eigenvalue weighted by Crippen LogP contribution is -2.32. The first-order valence-corrected chi connectivity index (χ1v) is 12.4. The van der Waals surface area contributed by atoms with Gasteiger partial charge in [0.05, 0.1) is 28.0 Å². The Hall–Kier alpha value is -3.23. The second kappa shape index (κ2) is 9.70. The van der Waals surface area contributed by atoms with Crippen molar-refractivity contribution >= 4 is 41.5 Å². The van der Waals surface area contributed by atoms with Gasteiger partial charge in [-0.05, 0) is 30.0 Å². The Kier molecular flexibility index (Phi) is 6.86. The Morgan fingerprint density at radius 1 is 1.18 bits per heavy atom. The summed E-state index contributed by atoms with van der Waals surface area (Å²) in [5.41, 5.74) is -1.49. The Morgan fingerprint density at radius 3 is 2.45 bits per heavy atom. The quantitative estimate of drug-likeness (QED) is 0.366. The van der Waals surface area contributed by atoms with Crippen molar-refractivity contribution in [3.05, 3.63) is 52.7 Å². The number of nitrogens with zero attached hydrogens (tertiary/aromatic N) is 4. The average molecular weight is 606 g/mol. The van der Waals surface area contributed by atoms with Gasteiger partial charge in [-0.2, -0.15) is 18.3 Å². The summed E-state index contributed by atoms with van der Waals surface area (Å²) >= 11 is 6.29. The number of hydrogen-bond acceptors (Lipinski definition) is 5. The normalized spacial score (nSPS) is 24.2. The number of carbonyl (C=O) groups excluding carboxylic acids is 2. The molecule has 3 aromatic rings. The summed E-state index contributed by atoms with van der Waals surface area (Å²) < 4.78 is 69.6. The van der Waals surface area contributed by atoms with Crippen LogP contribution in [0.25, 0.3) is 11.3 Å². The van der Waals surface area contributed by atoms with Crippen LogP contribution < -0.4 is 16.0 Å². The van der Waals surface area contributed by atoms with E-state index in [1.54, 1.807) is 0 Å². The molecule has 0 bridgehead atoms. The molecule has 2 aliphatic carbocycles. The number of carbonyl (C=O) groups is 2. The molecule has 9 nitrogen and oxygen atoms in total. The van der Waals surface area contributed by atoms with Crippen molar-refractivity contribution in [2.75, 3.05) is 18.4 Å². The van der Waals surface area contributed by atoms with Gasteiger partial charge in [0, 0.05) is 44.5 Å². The molecule has 3 N–H and O–H groups in total. The molecular weight excluding hydrogens is 584 g/mol. The molecule has 2 unspecified atom stereocenters. The average Bonchev–Trinajstić information content (AvgIpc) is 3.38. The minimum atomic E-state index is -4.92. The molecule has 0 spiro atoms. The number of nitrogens with one attached hydrogen (secondary N) is 3. The molecule has 6 rings (SSSR count). The number of anilines is 1. The van der Waals surface area contributed by atoms with Gasteiger partial charge in [0.1, 0.15) is 6.04 Å². The van der Waals surface area contributed by atoms with Gasteiger partial charge < -0.3 is 20.5 Å². The smallest absolute Gasteiger partial charge is 0.349 e. The molecule has 1 aromatic carbocycles. The van der Waals surface area contributed by atoms with E-state index in [1.807, 2.05) is 0 Å². The van der Waals surface area contributed by atoms with E-state index in [2.05, 4.69) is 26.0 Å². The summed E-state index contributed by atoms with van der Waals surface area (Å²) in [4.78, 5) is 29.5. The Bertz CT molecular complexity index is 1500. The van der Waals surface area contributed by atoms with Gasteiger partial charge in [-0.15, -0.1) is 12.4 Å². The number of rotatable bonds is 6. The van der Waals surface area contributed by atoms with Gasteiger partial charge in [-0.1, -0.05) is 11.6 Å². The number of imidazole rings is 1. The van der Waals surface area contributed by atoms with Crippen LogP contribution in [0, 0.1) is 11.8 Å². The maximum atomic E-state index is 13.7. The highest BCUT2D eigenvalue weighted by atomic mass is 35.5. The van der Waals surface area contributed by atoms with E-state index in [9.17, 15) is 31.5 Å². The predicted octanol–water partition coefficient (Wildman–Crippen LogP) is 4.16. The first-order chi connectivity index (χ1) is 18.3. The van der Waals surface area contributed by atoms with Crippen molar-refractivity contribution in [1.29, 1.82) is 0 Å². The molecule has 3 atom stereocenters. The lowest BCUT2D eigenvalue weighted by atomic mass is 10.2. The van der Waals surface area contributed by atoms with Crippen LogP contribution in [-0.2, 0) is 13.2 Å². The monoisotopic (exact) mass is 605 g/mol. The molecule has 16 heteroatoms. The number of amides is 2. The molecule has 1 aliphatic heterocycles. The van der Waals surface area contributed by atoms with Crippen LogP contribution in [0.5, 0.6) is 0 Å². The molecule has 3 fully saturated rings. The van der Waals surface area contributed by atoms with Crippen LogP contribution in [0.3, 0.4) is 0 Å². The van der Waals surface area contributed by atoms with E-state index in [0.717, 1.165) is 30.1 Å². The highest BCUT2D eigenvalue weighted by Gasteiger charge is 2.59. The predicted molar refractivity (Wildman–Crippen MR) is 136 cm³/mol. The molecular formula is C24H22Cl2F5N7O2. The summed E-state index contributed by atoms with van der Waals surface area (Å²) in [6.07, 6.45) is -3.59. The van der Waals surface area contributed by atoms with Crippen molar-refractivity contribution in [2.24, 2.45) is 18.9 Å². The molecule has 40 heavy (non-hydrogen) atoms. The Morgan fingerprint density at radius 2 is 1.85 bits per heavy atom. The second-order valence-corrected chi connectivity index (χ2v) is 10.4. The van der Waals surface area contributed by atoms with Crippen LogP contribution >= 0.6 is 24.0 Å². The van der Waals surface area contributed by atoms with Crippen LogP contribution in [0.15, 0.2) is 30.6 Å². The maximum Gasteiger partial charge on any atom is 0.435 e. The van der Waals surface area contributed by atoms with Gasteiger partial charge >= 0.3 is 6.18 Å².